The summed E-state index contributed by atoms with van der Waals surface area (Å²) in [6, 6.07) is 0.914. The first-order chi connectivity index (χ1) is 10.0. The molecule has 2 saturated heterocycles. The highest BCUT2D eigenvalue weighted by molar-refractivity contribution is 7.80. The minimum Gasteiger partial charge on any atom is -0.326 e. The van der Waals surface area contributed by atoms with Gasteiger partial charge in [-0.15, -0.1) is 0 Å². The van der Waals surface area contributed by atoms with Gasteiger partial charge in [-0.1, -0.05) is 45.3 Å². The lowest BCUT2D eigenvalue weighted by Crippen LogP contribution is -2.46. The second-order valence-corrected chi connectivity index (χ2v) is 7.90. The standard InChI is InChI=1S/C17H29N3S/c1-17(2)14(20-11-7-8-12-20)15(19(3)16(17)21)18-13-9-5-4-6-10-13/h13-14H,4-12H2,1-3H3/t14-/m0/s1. The van der Waals surface area contributed by atoms with Crippen LogP contribution in [0.1, 0.15) is 58.8 Å². The Morgan fingerprint density at radius 3 is 2.29 bits per heavy atom. The van der Waals surface area contributed by atoms with Crippen LogP contribution in [0.3, 0.4) is 0 Å². The molecule has 0 radical (unpaired) electrons. The van der Waals surface area contributed by atoms with Gasteiger partial charge in [0.1, 0.15) is 5.84 Å². The van der Waals surface area contributed by atoms with Gasteiger partial charge in [0.2, 0.25) is 0 Å². The summed E-state index contributed by atoms with van der Waals surface area (Å²) < 4.78 is 0. The molecular weight excluding hydrogens is 278 g/mol. The quantitative estimate of drug-likeness (QED) is 0.728. The Bertz CT molecular complexity index is 431. The molecule has 0 aromatic carbocycles. The third-order valence-electron chi connectivity index (χ3n) is 5.52. The predicted octanol–water partition coefficient (Wildman–Crippen LogP) is 3.48. The van der Waals surface area contributed by atoms with E-state index in [-0.39, 0.29) is 5.41 Å². The molecule has 0 amide bonds. The number of nitrogens with zero attached hydrogens (tertiary/aromatic N) is 3. The van der Waals surface area contributed by atoms with Gasteiger partial charge in [-0.25, -0.2) is 0 Å². The highest BCUT2D eigenvalue weighted by atomic mass is 32.1. The maximum absolute atomic E-state index is 5.75. The van der Waals surface area contributed by atoms with Gasteiger partial charge in [0.25, 0.3) is 0 Å². The van der Waals surface area contributed by atoms with Crippen LogP contribution in [-0.2, 0) is 0 Å². The molecule has 1 atom stereocenters. The van der Waals surface area contributed by atoms with E-state index in [2.05, 4.69) is 30.7 Å². The number of amidine groups is 1. The Kier molecular flexibility index (Phi) is 4.37. The molecule has 1 saturated carbocycles. The molecule has 2 aliphatic heterocycles. The Hall–Kier alpha value is -0.480. The van der Waals surface area contributed by atoms with Crippen molar-refractivity contribution >= 4 is 23.0 Å². The van der Waals surface area contributed by atoms with E-state index in [1.54, 1.807) is 0 Å². The normalized spacial score (nSPS) is 33.3. The number of hydrogen-bond acceptors (Lipinski definition) is 3. The zero-order chi connectivity index (χ0) is 15.0. The predicted molar refractivity (Wildman–Crippen MR) is 93.0 cm³/mol. The second kappa shape index (κ2) is 5.96. The summed E-state index contributed by atoms with van der Waals surface area (Å²) in [5, 5.41) is 0. The van der Waals surface area contributed by atoms with Crippen LogP contribution >= 0.6 is 12.2 Å². The molecule has 0 bridgehead atoms. The molecule has 4 heteroatoms. The van der Waals surface area contributed by atoms with Gasteiger partial charge in [0.05, 0.1) is 17.1 Å². The van der Waals surface area contributed by atoms with Gasteiger partial charge in [0, 0.05) is 12.5 Å². The van der Waals surface area contributed by atoms with Crippen molar-refractivity contribution in [3.8, 4) is 0 Å². The Balaban J connectivity index is 1.90. The molecule has 1 aliphatic carbocycles. The maximum Gasteiger partial charge on any atom is 0.122 e. The third kappa shape index (κ3) is 2.77. The molecule has 0 aromatic heterocycles. The van der Waals surface area contributed by atoms with Crippen molar-refractivity contribution in [3.05, 3.63) is 0 Å². The molecule has 0 spiro atoms. The largest absolute Gasteiger partial charge is 0.326 e. The first-order valence-corrected chi connectivity index (χ1v) is 9.02. The van der Waals surface area contributed by atoms with E-state index >= 15 is 0 Å². The van der Waals surface area contributed by atoms with Crippen molar-refractivity contribution < 1.29 is 0 Å². The summed E-state index contributed by atoms with van der Waals surface area (Å²) in [6.07, 6.45) is 9.23. The zero-order valence-electron chi connectivity index (χ0n) is 13.8. The first kappa shape index (κ1) is 15.4. The summed E-state index contributed by atoms with van der Waals surface area (Å²) in [5.74, 6) is 1.25. The summed E-state index contributed by atoms with van der Waals surface area (Å²) in [7, 11) is 2.13. The smallest absolute Gasteiger partial charge is 0.122 e. The first-order valence-electron chi connectivity index (χ1n) is 8.61. The van der Waals surface area contributed by atoms with E-state index in [0.717, 1.165) is 4.99 Å². The summed E-state index contributed by atoms with van der Waals surface area (Å²) >= 11 is 5.75. The van der Waals surface area contributed by atoms with Crippen LogP contribution in [-0.4, -0.2) is 52.8 Å². The molecular formula is C17H29N3S. The van der Waals surface area contributed by atoms with E-state index in [0.29, 0.717) is 12.1 Å². The van der Waals surface area contributed by atoms with E-state index < -0.39 is 0 Å². The van der Waals surface area contributed by atoms with Crippen LogP contribution in [0, 0.1) is 5.41 Å². The molecule has 3 rings (SSSR count). The van der Waals surface area contributed by atoms with Crippen molar-refractivity contribution in [2.75, 3.05) is 20.1 Å². The van der Waals surface area contributed by atoms with Gasteiger partial charge in [-0.3, -0.25) is 9.89 Å². The van der Waals surface area contributed by atoms with Crippen molar-refractivity contribution in [1.29, 1.82) is 0 Å². The van der Waals surface area contributed by atoms with Gasteiger partial charge in [0.15, 0.2) is 0 Å². The molecule has 0 N–H and O–H groups in total. The lowest BCUT2D eigenvalue weighted by molar-refractivity contribution is 0.223. The highest BCUT2D eigenvalue weighted by Gasteiger charge is 2.50. The minimum atomic E-state index is 0.0297. The maximum atomic E-state index is 5.75. The molecule has 3 fully saturated rings. The Morgan fingerprint density at radius 2 is 1.67 bits per heavy atom. The zero-order valence-corrected chi connectivity index (χ0v) is 14.6. The van der Waals surface area contributed by atoms with E-state index in [1.165, 1.54) is 63.9 Å². The monoisotopic (exact) mass is 307 g/mol. The number of hydrogen-bond donors (Lipinski definition) is 0. The molecule has 0 aromatic rings. The summed E-state index contributed by atoms with van der Waals surface area (Å²) in [4.78, 5) is 11.1. The van der Waals surface area contributed by atoms with Crippen molar-refractivity contribution in [2.24, 2.45) is 10.4 Å². The fourth-order valence-electron chi connectivity index (χ4n) is 4.33. The number of thiocarbonyl (C=S) groups is 1. The Morgan fingerprint density at radius 1 is 1.05 bits per heavy atom. The van der Waals surface area contributed by atoms with Gasteiger partial charge in [-0.2, -0.15) is 0 Å². The SMILES string of the molecule is CN1C(=S)C(C)(C)[C@@H](N2CCCC2)C1=NC1CCCCC1. The van der Waals surface area contributed by atoms with Gasteiger partial charge >= 0.3 is 0 Å². The van der Waals surface area contributed by atoms with Crippen LogP contribution in [0.5, 0.6) is 0 Å². The van der Waals surface area contributed by atoms with E-state index in [4.69, 9.17) is 17.2 Å². The van der Waals surface area contributed by atoms with E-state index in [1.807, 2.05) is 0 Å². The molecule has 21 heavy (non-hydrogen) atoms. The fourth-order valence-corrected chi connectivity index (χ4v) is 4.54. The number of likely N-dealkylation sites (N-methyl/N-ethyl adjacent to an activating group) is 1. The molecule has 3 aliphatic rings. The molecule has 118 valence electrons. The van der Waals surface area contributed by atoms with E-state index in [9.17, 15) is 0 Å². The number of aliphatic imine (C=N–C) groups is 1. The summed E-state index contributed by atoms with van der Waals surface area (Å²) in [6.45, 7) is 7.01. The topological polar surface area (TPSA) is 18.8 Å². The van der Waals surface area contributed by atoms with Crippen LogP contribution in [0.15, 0.2) is 4.99 Å². The van der Waals surface area contributed by atoms with Crippen molar-refractivity contribution in [1.82, 2.24) is 9.80 Å². The molecule has 0 unspecified atom stereocenters. The molecule has 2 heterocycles. The van der Waals surface area contributed by atoms with Crippen molar-refractivity contribution in [2.45, 2.75) is 70.9 Å². The lowest BCUT2D eigenvalue weighted by Gasteiger charge is -2.33. The number of rotatable bonds is 2. The minimum absolute atomic E-state index is 0.0297. The molecule has 3 nitrogen and oxygen atoms in total. The van der Waals surface area contributed by atoms with Crippen LogP contribution in [0.25, 0.3) is 0 Å². The second-order valence-electron chi connectivity index (χ2n) is 7.51. The van der Waals surface area contributed by atoms with Crippen molar-refractivity contribution in [3.63, 3.8) is 0 Å². The third-order valence-corrected chi connectivity index (χ3v) is 6.32. The fraction of sp³-hybridized carbons (Fsp3) is 0.882. The Labute approximate surface area is 134 Å². The lowest BCUT2D eigenvalue weighted by atomic mass is 9.86. The highest BCUT2D eigenvalue weighted by Crippen LogP contribution is 2.39. The van der Waals surface area contributed by atoms with Gasteiger partial charge in [-0.05, 0) is 38.8 Å². The average molecular weight is 308 g/mol. The van der Waals surface area contributed by atoms with Gasteiger partial charge < -0.3 is 4.90 Å². The summed E-state index contributed by atoms with van der Waals surface area (Å²) in [5.41, 5.74) is 0.0297. The van der Waals surface area contributed by atoms with Crippen LogP contribution in [0.2, 0.25) is 0 Å². The van der Waals surface area contributed by atoms with Crippen LogP contribution < -0.4 is 0 Å². The average Bonchev–Trinajstić information content (AvgIpc) is 3.04. The number of likely N-dealkylation sites (tertiary alicyclic amines) is 2. The van der Waals surface area contributed by atoms with Crippen LogP contribution in [0.4, 0.5) is 0 Å².